The molecule has 14 heavy (non-hydrogen) atoms. The highest BCUT2D eigenvalue weighted by molar-refractivity contribution is 5.55. The SMILES string of the molecule is CCOc1ccc(/C=C/CO)c(C)c1. The van der Waals surface area contributed by atoms with Crippen molar-refractivity contribution in [2.24, 2.45) is 0 Å². The number of rotatable bonds is 4. The van der Waals surface area contributed by atoms with E-state index in [-0.39, 0.29) is 6.61 Å². The van der Waals surface area contributed by atoms with Crippen LogP contribution in [0.5, 0.6) is 5.75 Å². The van der Waals surface area contributed by atoms with Crippen molar-refractivity contribution in [2.75, 3.05) is 13.2 Å². The van der Waals surface area contributed by atoms with Crippen LogP contribution < -0.4 is 4.74 Å². The van der Waals surface area contributed by atoms with Crippen molar-refractivity contribution >= 4 is 6.08 Å². The number of hydrogen-bond donors (Lipinski definition) is 1. The van der Waals surface area contributed by atoms with Gasteiger partial charge in [-0.3, -0.25) is 0 Å². The molecule has 1 aromatic carbocycles. The molecule has 76 valence electrons. The molecule has 0 aliphatic heterocycles. The highest BCUT2D eigenvalue weighted by atomic mass is 16.5. The number of benzene rings is 1. The normalized spacial score (nSPS) is 10.8. The molecule has 1 rings (SSSR count). The third-order valence-electron chi connectivity index (χ3n) is 1.96. The van der Waals surface area contributed by atoms with Gasteiger partial charge in [-0.05, 0) is 37.1 Å². The van der Waals surface area contributed by atoms with E-state index in [1.54, 1.807) is 6.08 Å². The van der Waals surface area contributed by atoms with Gasteiger partial charge >= 0.3 is 0 Å². The summed E-state index contributed by atoms with van der Waals surface area (Å²) in [7, 11) is 0. The van der Waals surface area contributed by atoms with Crippen molar-refractivity contribution in [3.8, 4) is 5.75 Å². The van der Waals surface area contributed by atoms with Crippen LogP contribution in [-0.4, -0.2) is 18.3 Å². The van der Waals surface area contributed by atoms with Gasteiger partial charge in [-0.25, -0.2) is 0 Å². The van der Waals surface area contributed by atoms with Crippen LogP contribution in [0.25, 0.3) is 6.08 Å². The Hall–Kier alpha value is -1.28. The number of aliphatic hydroxyl groups is 1. The van der Waals surface area contributed by atoms with Crippen LogP contribution in [0.1, 0.15) is 18.1 Å². The summed E-state index contributed by atoms with van der Waals surface area (Å²) in [6, 6.07) is 5.93. The maximum atomic E-state index is 8.65. The average Bonchev–Trinajstić information content (AvgIpc) is 2.17. The zero-order valence-electron chi connectivity index (χ0n) is 8.66. The number of aryl methyl sites for hydroxylation is 1. The number of ether oxygens (including phenoxy) is 1. The maximum Gasteiger partial charge on any atom is 0.119 e. The molecule has 0 aliphatic rings. The van der Waals surface area contributed by atoms with E-state index >= 15 is 0 Å². The highest BCUT2D eigenvalue weighted by Gasteiger charge is 1.96. The van der Waals surface area contributed by atoms with Gasteiger partial charge in [0, 0.05) is 0 Å². The summed E-state index contributed by atoms with van der Waals surface area (Å²) < 4.78 is 5.37. The molecule has 0 radical (unpaired) electrons. The first-order chi connectivity index (χ1) is 6.77. The molecule has 0 spiro atoms. The molecule has 0 aliphatic carbocycles. The van der Waals surface area contributed by atoms with Gasteiger partial charge in [-0.15, -0.1) is 0 Å². The van der Waals surface area contributed by atoms with E-state index in [4.69, 9.17) is 9.84 Å². The summed E-state index contributed by atoms with van der Waals surface area (Å²) in [6.45, 7) is 4.76. The highest BCUT2D eigenvalue weighted by Crippen LogP contribution is 2.18. The zero-order chi connectivity index (χ0) is 10.4. The first-order valence-corrected chi connectivity index (χ1v) is 4.78. The molecular weight excluding hydrogens is 176 g/mol. The third-order valence-corrected chi connectivity index (χ3v) is 1.96. The summed E-state index contributed by atoms with van der Waals surface area (Å²) in [5.74, 6) is 0.895. The van der Waals surface area contributed by atoms with Crippen LogP contribution >= 0.6 is 0 Å². The second-order valence-corrected chi connectivity index (χ2v) is 3.04. The second kappa shape index (κ2) is 5.45. The van der Waals surface area contributed by atoms with Crippen LogP contribution in [0.4, 0.5) is 0 Å². The Morgan fingerprint density at radius 2 is 2.21 bits per heavy atom. The Morgan fingerprint density at radius 1 is 1.43 bits per heavy atom. The van der Waals surface area contributed by atoms with Crippen LogP contribution in [0.3, 0.4) is 0 Å². The standard InChI is InChI=1S/C12H16O2/c1-3-14-12-7-6-11(5-4-8-13)10(2)9-12/h4-7,9,13H,3,8H2,1-2H3/b5-4+. The predicted molar refractivity (Wildman–Crippen MR) is 58.5 cm³/mol. The molecule has 0 saturated heterocycles. The maximum absolute atomic E-state index is 8.65. The van der Waals surface area contributed by atoms with E-state index < -0.39 is 0 Å². The molecule has 2 heteroatoms. The minimum absolute atomic E-state index is 0.0760. The summed E-state index contributed by atoms with van der Waals surface area (Å²) in [6.07, 6.45) is 3.63. The molecule has 2 nitrogen and oxygen atoms in total. The minimum Gasteiger partial charge on any atom is -0.494 e. The number of hydrogen-bond acceptors (Lipinski definition) is 2. The topological polar surface area (TPSA) is 29.5 Å². The first kappa shape index (κ1) is 10.8. The smallest absolute Gasteiger partial charge is 0.119 e. The first-order valence-electron chi connectivity index (χ1n) is 4.78. The Morgan fingerprint density at radius 3 is 2.79 bits per heavy atom. The summed E-state index contributed by atoms with van der Waals surface area (Å²) in [5.41, 5.74) is 2.27. The summed E-state index contributed by atoms with van der Waals surface area (Å²) in [5, 5.41) is 8.65. The van der Waals surface area contributed by atoms with E-state index in [2.05, 4.69) is 0 Å². The fourth-order valence-electron chi connectivity index (χ4n) is 1.27. The third kappa shape index (κ3) is 2.89. The van der Waals surface area contributed by atoms with E-state index in [1.165, 1.54) is 0 Å². The van der Waals surface area contributed by atoms with Crippen molar-refractivity contribution in [3.05, 3.63) is 35.4 Å². The van der Waals surface area contributed by atoms with E-state index in [1.807, 2.05) is 38.1 Å². The molecule has 0 bridgehead atoms. The van der Waals surface area contributed by atoms with Gasteiger partial charge in [-0.2, -0.15) is 0 Å². The minimum atomic E-state index is 0.0760. The van der Waals surface area contributed by atoms with E-state index in [9.17, 15) is 0 Å². The van der Waals surface area contributed by atoms with E-state index in [0.717, 1.165) is 16.9 Å². The number of aliphatic hydroxyl groups excluding tert-OH is 1. The van der Waals surface area contributed by atoms with Crippen molar-refractivity contribution < 1.29 is 9.84 Å². The summed E-state index contributed by atoms with van der Waals surface area (Å²) in [4.78, 5) is 0. The van der Waals surface area contributed by atoms with Crippen molar-refractivity contribution in [3.63, 3.8) is 0 Å². The molecule has 0 unspecified atom stereocenters. The Kier molecular flexibility index (Phi) is 4.20. The molecular formula is C12H16O2. The molecule has 1 N–H and O–H groups in total. The zero-order valence-corrected chi connectivity index (χ0v) is 8.66. The Labute approximate surface area is 84.8 Å². The van der Waals surface area contributed by atoms with Gasteiger partial charge in [0.15, 0.2) is 0 Å². The summed E-state index contributed by atoms with van der Waals surface area (Å²) >= 11 is 0. The lowest BCUT2D eigenvalue weighted by molar-refractivity contribution is 0.340. The van der Waals surface area contributed by atoms with Crippen molar-refractivity contribution in [1.29, 1.82) is 0 Å². The van der Waals surface area contributed by atoms with Gasteiger partial charge in [0.1, 0.15) is 5.75 Å². The van der Waals surface area contributed by atoms with Crippen LogP contribution in [0, 0.1) is 6.92 Å². The van der Waals surface area contributed by atoms with Crippen LogP contribution in [-0.2, 0) is 0 Å². The van der Waals surface area contributed by atoms with Gasteiger partial charge < -0.3 is 9.84 Å². The van der Waals surface area contributed by atoms with E-state index in [0.29, 0.717) is 6.61 Å². The molecule has 1 aromatic rings. The predicted octanol–water partition coefficient (Wildman–Crippen LogP) is 2.40. The molecule has 0 atom stereocenters. The fraction of sp³-hybridized carbons (Fsp3) is 0.333. The largest absolute Gasteiger partial charge is 0.494 e. The Bertz CT molecular complexity index is 316. The van der Waals surface area contributed by atoms with Gasteiger partial charge in [0.05, 0.1) is 13.2 Å². The lowest BCUT2D eigenvalue weighted by Gasteiger charge is -2.05. The molecule has 0 fully saturated rings. The quantitative estimate of drug-likeness (QED) is 0.793. The Balaban J connectivity index is 2.84. The molecule has 0 heterocycles. The van der Waals surface area contributed by atoms with Crippen LogP contribution in [0.15, 0.2) is 24.3 Å². The average molecular weight is 192 g/mol. The molecule has 0 aromatic heterocycles. The lowest BCUT2D eigenvalue weighted by atomic mass is 10.1. The van der Waals surface area contributed by atoms with Gasteiger partial charge in [-0.1, -0.05) is 18.2 Å². The fourth-order valence-corrected chi connectivity index (χ4v) is 1.27. The van der Waals surface area contributed by atoms with Crippen LogP contribution in [0.2, 0.25) is 0 Å². The van der Waals surface area contributed by atoms with Gasteiger partial charge in [0.2, 0.25) is 0 Å². The van der Waals surface area contributed by atoms with Crippen molar-refractivity contribution in [2.45, 2.75) is 13.8 Å². The van der Waals surface area contributed by atoms with Gasteiger partial charge in [0.25, 0.3) is 0 Å². The monoisotopic (exact) mass is 192 g/mol. The lowest BCUT2D eigenvalue weighted by Crippen LogP contribution is -1.92. The van der Waals surface area contributed by atoms with Crippen molar-refractivity contribution in [1.82, 2.24) is 0 Å². The molecule has 0 amide bonds. The molecule has 0 saturated carbocycles. The second-order valence-electron chi connectivity index (χ2n) is 3.04.